The van der Waals surface area contributed by atoms with Gasteiger partial charge in [0, 0.05) is 0 Å². The molecule has 15 heavy (non-hydrogen) atoms. The van der Waals surface area contributed by atoms with Gasteiger partial charge in [-0.05, 0) is 24.1 Å². The van der Waals surface area contributed by atoms with Gasteiger partial charge in [-0.2, -0.15) is 0 Å². The summed E-state index contributed by atoms with van der Waals surface area (Å²) in [4.78, 5) is 22.1. The minimum Gasteiger partial charge on any atom is -0.303 e. The van der Waals surface area contributed by atoms with Crippen LogP contribution in [-0.2, 0) is 4.79 Å². The van der Waals surface area contributed by atoms with Crippen molar-refractivity contribution in [1.82, 2.24) is 10.6 Å². The van der Waals surface area contributed by atoms with Crippen LogP contribution in [0.25, 0.3) is 6.08 Å². The number of urea groups is 1. The zero-order chi connectivity index (χ0) is 10.8. The van der Waals surface area contributed by atoms with E-state index in [0.717, 1.165) is 11.1 Å². The van der Waals surface area contributed by atoms with Crippen LogP contribution in [-0.4, -0.2) is 11.9 Å². The molecular formula is C11H10N2O2. The van der Waals surface area contributed by atoms with Gasteiger partial charge in [0.15, 0.2) is 0 Å². The Morgan fingerprint density at radius 3 is 2.47 bits per heavy atom. The molecule has 1 aliphatic rings. The van der Waals surface area contributed by atoms with E-state index >= 15 is 0 Å². The van der Waals surface area contributed by atoms with Crippen LogP contribution in [0.15, 0.2) is 30.0 Å². The highest BCUT2D eigenvalue weighted by Crippen LogP contribution is 2.12. The molecule has 0 aliphatic carbocycles. The summed E-state index contributed by atoms with van der Waals surface area (Å²) in [6.45, 7) is 1.95. The summed E-state index contributed by atoms with van der Waals surface area (Å²) >= 11 is 0. The Hall–Kier alpha value is -2.10. The van der Waals surface area contributed by atoms with Gasteiger partial charge in [-0.25, -0.2) is 4.79 Å². The van der Waals surface area contributed by atoms with Crippen molar-refractivity contribution in [2.24, 2.45) is 0 Å². The summed E-state index contributed by atoms with van der Waals surface area (Å²) in [6, 6.07) is 7.17. The second-order valence-corrected chi connectivity index (χ2v) is 3.32. The monoisotopic (exact) mass is 202 g/mol. The Kier molecular flexibility index (Phi) is 2.25. The maximum Gasteiger partial charge on any atom is 0.326 e. The topological polar surface area (TPSA) is 58.2 Å². The van der Waals surface area contributed by atoms with E-state index < -0.39 is 6.03 Å². The average Bonchev–Trinajstić information content (AvgIpc) is 2.49. The maximum atomic E-state index is 11.2. The fraction of sp³-hybridized carbons (Fsp3) is 0.0909. The number of amides is 3. The van der Waals surface area contributed by atoms with E-state index in [1.165, 1.54) is 0 Å². The van der Waals surface area contributed by atoms with Crippen molar-refractivity contribution in [2.45, 2.75) is 6.92 Å². The number of nitrogens with one attached hydrogen (secondary N) is 2. The van der Waals surface area contributed by atoms with Gasteiger partial charge >= 0.3 is 6.03 Å². The van der Waals surface area contributed by atoms with E-state index in [0.29, 0.717) is 0 Å². The molecule has 1 aromatic carbocycles. The SMILES string of the molecule is Cc1ccccc1/C=C1/NC(=O)NC1=O. The van der Waals surface area contributed by atoms with E-state index in [2.05, 4.69) is 10.6 Å². The smallest absolute Gasteiger partial charge is 0.303 e. The van der Waals surface area contributed by atoms with Gasteiger partial charge in [0.05, 0.1) is 0 Å². The second-order valence-electron chi connectivity index (χ2n) is 3.32. The summed E-state index contributed by atoms with van der Waals surface area (Å²) in [5.74, 6) is -0.386. The van der Waals surface area contributed by atoms with Crippen LogP contribution < -0.4 is 10.6 Å². The van der Waals surface area contributed by atoms with E-state index in [1.807, 2.05) is 31.2 Å². The Balaban J connectivity index is 2.35. The Morgan fingerprint density at radius 2 is 1.87 bits per heavy atom. The van der Waals surface area contributed by atoms with Gasteiger partial charge in [-0.15, -0.1) is 0 Å². The number of rotatable bonds is 1. The van der Waals surface area contributed by atoms with Crippen LogP contribution in [0.5, 0.6) is 0 Å². The van der Waals surface area contributed by atoms with E-state index in [9.17, 15) is 9.59 Å². The first kappa shape index (κ1) is 9.45. The van der Waals surface area contributed by atoms with Crippen LogP contribution >= 0.6 is 0 Å². The maximum absolute atomic E-state index is 11.2. The van der Waals surface area contributed by atoms with Crippen LogP contribution in [0.4, 0.5) is 4.79 Å². The van der Waals surface area contributed by atoms with Crippen LogP contribution in [0.3, 0.4) is 0 Å². The first-order valence-corrected chi connectivity index (χ1v) is 4.56. The fourth-order valence-electron chi connectivity index (χ4n) is 1.39. The Labute approximate surface area is 87.0 Å². The molecule has 0 radical (unpaired) electrons. The normalized spacial score (nSPS) is 17.8. The molecule has 1 aliphatic heterocycles. The molecule has 2 rings (SSSR count). The minimum atomic E-state index is -0.472. The van der Waals surface area contributed by atoms with Crippen molar-refractivity contribution in [3.05, 3.63) is 41.1 Å². The lowest BCUT2D eigenvalue weighted by Gasteiger charge is -1.99. The number of hydrogen-bond donors (Lipinski definition) is 2. The summed E-state index contributed by atoms with van der Waals surface area (Å²) < 4.78 is 0. The predicted molar refractivity (Wildman–Crippen MR) is 55.8 cm³/mol. The number of benzene rings is 1. The third-order valence-corrected chi connectivity index (χ3v) is 2.21. The van der Waals surface area contributed by atoms with Crippen molar-refractivity contribution < 1.29 is 9.59 Å². The highest BCUT2D eigenvalue weighted by atomic mass is 16.2. The number of carbonyl (C=O) groups excluding carboxylic acids is 2. The first-order valence-electron chi connectivity index (χ1n) is 4.56. The molecule has 1 saturated heterocycles. The van der Waals surface area contributed by atoms with Gasteiger partial charge in [0.2, 0.25) is 0 Å². The lowest BCUT2D eigenvalue weighted by Crippen LogP contribution is -2.22. The number of aryl methyl sites for hydroxylation is 1. The molecule has 0 spiro atoms. The molecule has 2 N–H and O–H groups in total. The summed E-state index contributed by atoms with van der Waals surface area (Å²) in [5, 5.41) is 4.59. The van der Waals surface area contributed by atoms with Gasteiger partial charge in [0.25, 0.3) is 5.91 Å². The molecule has 0 unspecified atom stereocenters. The van der Waals surface area contributed by atoms with Gasteiger partial charge in [-0.1, -0.05) is 24.3 Å². The highest BCUT2D eigenvalue weighted by Gasteiger charge is 2.22. The zero-order valence-corrected chi connectivity index (χ0v) is 8.20. The molecule has 4 heteroatoms. The van der Waals surface area contributed by atoms with Crippen molar-refractivity contribution in [1.29, 1.82) is 0 Å². The molecule has 0 bridgehead atoms. The quantitative estimate of drug-likeness (QED) is 0.530. The van der Waals surface area contributed by atoms with E-state index in [1.54, 1.807) is 6.08 Å². The van der Waals surface area contributed by atoms with Crippen molar-refractivity contribution in [3.8, 4) is 0 Å². The molecule has 1 heterocycles. The fourth-order valence-corrected chi connectivity index (χ4v) is 1.39. The summed E-state index contributed by atoms with van der Waals surface area (Å²) in [6.07, 6.45) is 1.66. The van der Waals surface area contributed by atoms with Gasteiger partial charge in [0.1, 0.15) is 5.70 Å². The molecule has 0 aromatic heterocycles. The third-order valence-electron chi connectivity index (χ3n) is 2.21. The molecule has 1 fully saturated rings. The molecule has 0 saturated carbocycles. The average molecular weight is 202 g/mol. The van der Waals surface area contributed by atoms with E-state index in [-0.39, 0.29) is 11.6 Å². The molecule has 0 atom stereocenters. The number of carbonyl (C=O) groups is 2. The highest BCUT2D eigenvalue weighted by molar-refractivity contribution is 6.14. The number of hydrogen-bond acceptors (Lipinski definition) is 2. The molecule has 4 nitrogen and oxygen atoms in total. The summed E-state index contributed by atoms with van der Waals surface area (Å²) in [7, 11) is 0. The van der Waals surface area contributed by atoms with Crippen LogP contribution in [0.1, 0.15) is 11.1 Å². The predicted octanol–water partition coefficient (Wildman–Crippen LogP) is 1.18. The van der Waals surface area contributed by atoms with Crippen molar-refractivity contribution >= 4 is 18.0 Å². The lowest BCUT2D eigenvalue weighted by atomic mass is 10.1. The van der Waals surface area contributed by atoms with E-state index in [4.69, 9.17) is 0 Å². The second kappa shape index (κ2) is 3.57. The van der Waals surface area contributed by atoms with Crippen LogP contribution in [0, 0.1) is 6.92 Å². The van der Waals surface area contributed by atoms with Crippen molar-refractivity contribution in [3.63, 3.8) is 0 Å². The van der Waals surface area contributed by atoms with Gasteiger partial charge < -0.3 is 5.32 Å². The van der Waals surface area contributed by atoms with Gasteiger partial charge in [-0.3, -0.25) is 10.1 Å². The molecule has 76 valence electrons. The van der Waals surface area contributed by atoms with Crippen molar-refractivity contribution in [2.75, 3.05) is 0 Å². The molecule has 1 aromatic rings. The molecular weight excluding hydrogens is 192 g/mol. The lowest BCUT2D eigenvalue weighted by molar-refractivity contribution is -0.115. The first-order chi connectivity index (χ1) is 7.16. The Bertz CT molecular complexity index is 463. The Morgan fingerprint density at radius 1 is 1.13 bits per heavy atom. The number of imide groups is 1. The summed E-state index contributed by atoms with van der Waals surface area (Å²) in [5.41, 5.74) is 2.26. The standard InChI is InChI=1S/C11H10N2O2/c1-7-4-2-3-5-8(7)6-9-10(14)13-11(15)12-9/h2-6H,1H3,(H2,12,13,14,15)/b9-6+. The largest absolute Gasteiger partial charge is 0.326 e. The third kappa shape index (κ3) is 1.88. The van der Waals surface area contributed by atoms with Crippen LogP contribution in [0.2, 0.25) is 0 Å². The minimum absolute atomic E-state index is 0.286. The zero-order valence-electron chi connectivity index (χ0n) is 8.20. The molecule has 3 amide bonds.